The lowest BCUT2D eigenvalue weighted by atomic mass is 10.2. The van der Waals surface area contributed by atoms with Gasteiger partial charge in [0.1, 0.15) is 5.75 Å². The molecule has 1 N–H and O–H groups in total. The van der Waals surface area contributed by atoms with Gasteiger partial charge in [0.15, 0.2) is 0 Å². The Kier molecular flexibility index (Phi) is 5.36. The Morgan fingerprint density at radius 2 is 1.95 bits per heavy atom. The standard InChI is InChI=1S/C17H21N3O2/c1-13-5-4-11-18-16(13)10-12-22-15-8-6-14(7-9-15)19-17(21)20(2)3/h4-9,11H,10,12H2,1-3H3,(H,19,21). The molecule has 2 amide bonds. The molecule has 0 saturated carbocycles. The fourth-order valence-corrected chi connectivity index (χ4v) is 1.92. The summed E-state index contributed by atoms with van der Waals surface area (Å²) in [6.45, 7) is 2.62. The predicted molar refractivity (Wildman–Crippen MR) is 87.3 cm³/mol. The van der Waals surface area contributed by atoms with Crippen LogP contribution in [-0.4, -0.2) is 36.6 Å². The second-order valence-corrected chi connectivity index (χ2v) is 5.21. The number of hydrogen-bond donors (Lipinski definition) is 1. The summed E-state index contributed by atoms with van der Waals surface area (Å²) in [4.78, 5) is 17.4. The van der Waals surface area contributed by atoms with Crippen LogP contribution in [0.1, 0.15) is 11.3 Å². The molecule has 0 unspecified atom stereocenters. The van der Waals surface area contributed by atoms with Crippen molar-refractivity contribution in [2.45, 2.75) is 13.3 Å². The van der Waals surface area contributed by atoms with E-state index in [1.807, 2.05) is 43.3 Å². The van der Waals surface area contributed by atoms with E-state index in [-0.39, 0.29) is 6.03 Å². The summed E-state index contributed by atoms with van der Waals surface area (Å²) in [5.41, 5.74) is 2.97. The highest BCUT2D eigenvalue weighted by atomic mass is 16.5. The third-order valence-corrected chi connectivity index (χ3v) is 3.24. The number of ether oxygens (including phenoxy) is 1. The lowest BCUT2D eigenvalue weighted by Gasteiger charge is -2.12. The highest BCUT2D eigenvalue weighted by molar-refractivity contribution is 5.88. The topological polar surface area (TPSA) is 54.5 Å². The Balaban J connectivity index is 1.84. The third kappa shape index (κ3) is 4.48. The molecule has 22 heavy (non-hydrogen) atoms. The van der Waals surface area contributed by atoms with Crippen LogP contribution in [0.5, 0.6) is 5.75 Å². The van der Waals surface area contributed by atoms with Crippen LogP contribution in [0, 0.1) is 6.92 Å². The highest BCUT2D eigenvalue weighted by Crippen LogP contribution is 2.16. The van der Waals surface area contributed by atoms with E-state index in [9.17, 15) is 4.79 Å². The molecular weight excluding hydrogens is 278 g/mol. The van der Waals surface area contributed by atoms with Gasteiger partial charge in [0.05, 0.1) is 6.61 Å². The van der Waals surface area contributed by atoms with Gasteiger partial charge in [-0.3, -0.25) is 4.98 Å². The molecule has 0 aliphatic rings. The molecule has 2 rings (SSSR count). The lowest BCUT2D eigenvalue weighted by Crippen LogP contribution is -2.27. The van der Waals surface area contributed by atoms with E-state index >= 15 is 0 Å². The predicted octanol–water partition coefficient (Wildman–Crippen LogP) is 3.11. The van der Waals surface area contributed by atoms with Gasteiger partial charge in [0.2, 0.25) is 0 Å². The first-order chi connectivity index (χ1) is 10.6. The number of amides is 2. The van der Waals surface area contributed by atoms with Crippen molar-refractivity contribution in [3.05, 3.63) is 53.9 Å². The van der Waals surface area contributed by atoms with Crippen molar-refractivity contribution >= 4 is 11.7 Å². The SMILES string of the molecule is Cc1cccnc1CCOc1ccc(NC(=O)N(C)C)cc1. The number of carbonyl (C=O) groups excluding carboxylic acids is 1. The van der Waals surface area contributed by atoms with E-state index in [1.54, 1.807) is 20.3 Å². The number of aromatic nitrogens is 1. The maximum absolute atomic E-state index is 11.5. The van der Waals surface area contributed by atoms with Crippen molar-refractivity contribution in [1.82, 2.24) is 9.88 Å². The second kappa shape index (κ2) is 7.45. The maximum Gasteiger partial charge on any atom is 0.321 e. The Morgan fingerprint density at radius 3 is 2.59 bits per heavy atom. The highest BCUT2D eigenvalue weighted by Gasteiger charge is 2.04. The molecule has 0 bridgehead atoms. The number of aryl methyl sites for hydroxylation is 1. The average molecular weight is 299 g/mol. The molecule has 5 heteroatoms. The Morgan fingerprint density at radius 1 is 1.23 bits per heavy atom. The lowest BCUT2D eigenvalue weighted by molar-refractivity contribution is 0.230. The van der Waals surface area contributed by atoms with Crippen molar-refractivity contribution in [3.63, 3.8) is 0 Å². The van der Waals surface area contributed by atoms with Gasteiger partial charge < -0.3 is 15.0 Å². The Labute approximate surface area is 130 Å². The quantitative estimate of drug-likeness (QED) is 0.923. The molecule has 1 heterocycles. The molecular formula is C17H21N3O2. The fourth-order valence-electron chi connectivity index (χ4n) is 1.92. The molecule has 1 aromatic carbocycles. The average Bonchev–Trinajstić information content (AvgIpc) is 2.51. The van der Waals surface area contributed by atoms with Gasteiger partial charge >= 0.3 is 6.03 Å². The van der Waals surface area contributed by atoms with Crippen molar-refractivity contribution in [2.24, 2.45) is 0 Å². The van der Waals surface area contributed by atoms with Crippen LogP contribution >= 0.6 is 0 Å². The Hall–Kier alpha value is -2.56. The van der Waals surface area contributed by atoms with E-state index in [0.29, 0.717) is 6.61 Å². The van der Waals surface area contributed by atoms with E-state index in [1.165, 1.54) is 10.5 Å². The Bertz CT molecular complexity index is 624. The summed E-state index contributed by atoms with van der Waals surface area (Å²) in [5.74, 6) is 0.774. The zero-order valence-electron chi connectivity index (χ0n) is 13.2. The summed E-state index contributed by atoms with van der Waals surface area (Å²) < 4.78 is 5.71. The first-order valence-electron chi connectivity index (χ1n) is 7.18. The van der Waals surface area contributed by atoms with Crippen molar-refractivity contribution < 1.29 is 9.53 Å². The molecule has 0 atom stereocenters. The molecule has 0 radical (unpaired) electrons. The van der Waals surface area contributed by atoms with Crippen LogP contribution < -0.4 is 10.1 Å². The smallest absolute Gasteiger partial charge is 0.321 e. The zero-order valence-corrected chi connectivity index (χ0v) is 13.2. The van der Waals surface area contributed by atoms with Crippen molar-refractivity contribution in [3.8, 4) is 5.75 Å². The van der Waals surface area contributed by atoms with Gasteiger partial charge in [-0.15, -0.1) is 0 Å². The molecule has 0 saturated heterocycles. The summed E-state index contributed by atoms with van der Waals surface area (Å²) in [5, 5.41) is 2.78. The molecule has 5 nitrogen and oxygen atoms in total. The molecule has 0 fully saturated rings. The van der Waals surface area contributed by atoms with Crippen molar-refractivity contribution in [1.29, 1.82) is 0 Å². The number of carbonyl (C=O) groups is 1. The van der Waals surface area contributed by atoms with Crippen molar-refractivity contribution in [2.75, 3.05) is 26.0 Å². The van der Waals surface area contributed by atoms with Crippen LogP contribution in [0.2, 0.25) is 0 Å². The number of nitrogens with one attached hydrogen (secondary N) is 1. The van der Waals surface area contributed by atoms with Gasteiger partial charge in [0, 0.05) is 38.1 Å². The summed E-state index contributed by atoms with van der Waals surface area (Å²) in [6.07, 6.45) is 2.57. The van der Waals surface area contributed by atoms with E-state index in [2.05, 4.69) is 10.3 Å². The van der Waals surface area contributed by atoms with E-state index < -0.39 is 0 Å². The summed E-state index contributed by atoms with van der Waals surface area (Å²) >= 11 is 0. The first kappa shape index (κ1) is 15.8. The largest absolute Gasteiger partial charge is 0.493 e. The zero-order chi connectivity index (χ0) is 15.9. The first-order valence-corrected chi connectivity index (χ1v) is 7.18. The van der Waals surface area contributed by atoms with E-state index in [4.69, 9.17) is 4.74 Å². The minimum Gasteiger partial charge on any atom is -0.493 e. The minimum atomic E-state index is -0.153. The molecule has 0 aliphatic carbocycles. The fraction of sp³-hybridized carbons (Fsp3) is 0.294. The molecule has 0 spiro atoms. The van der Waals surface area contributed by atoms with Crippen LogP contribution in [0.4, 0.5) is 10.5 Å². The number of benzene rings is 1. The normalized spacial score (nSPS) is 10.1. The van der Waals surface area contributed by atoms with Crippen LogP contribution in [0.3, 0.4) is 0 Å². The summed E-state index contributed by atoms with van der Waals surface area (Å²) in [6, 6.07) is 11.2. The molecule has 1 aromatic heterocycles. The third-order valence-electron chi connectivity index (χ3n) is 3.24. The van der Waals surface area contributed by atoms with Gasteiger partial charge in [-0.25, -0.2) is 4.79 Å². The number of urea groups is 1. The summed E-state index contributed by atoms with van der Waals surface area (Å²) in [7, 11) is 3.40. The van der Waals surface area contributed by atoms with E-state index in [0.717, 1.165) is 23.6 Å². The van der Waals surface area contributed by atoms with Gasteiger partial charge in [-0.2, -0.15) is 0 Å². The maximum atomic E-state index is 11.5. The van der Waals surface area contributed by atoms with Gasteiger partial charge in [-0.05, 0) is 42.8 Å². The van der Waals surface area contributed by atoms with Gasteiger partial charge in [-0.1, -0.05) is 6.07 Å². The van der Waals surface area contributed by atoms with Gasteiger partial charge in [0.25, 0.3) is 0 Å². The number of nitrogens with zero attached hydrogens (tertiary/aromatic N) is 2. The number of pyridine rings is 1. The number of hydrogen-bond acceptors (Lipinski definition) is 3. The number of rotatable bonds is 5. The van der Waals surface area contributed by atoms with Crippen LogP contribution in [-0.2, 0) is 6.42 Å². The molecule has 2 aromatic rings. The molecule has 0 aliphatic heterocycles. The minimum absolute atomic E-state index is 0.153. The number of anilines is 1. The second-order valence-electron chi connectivity index (χ2n) is 5.21. The monoisotopic (exact) mass is 299 g/mol. The molecule has 116 valence electrons. The van der Waals surface area contributed by atoms with Crippen LogP contribution in [0.15, 0.2) is 42.6 Å². The van der Waals surface area contributed by atoms with Crippen LogP contribution in [0.25, 0.3) is 0 Å².